The first kappa shape index (κ1) is 20.1. The monoisotopic (exact) mass is 448 g/mol. The standard InChI is InChI=1S/C25H21FN2O5/c1-2-27-18-8-4-3-7-17(18)25(24(27)31)20-21(29)16-12-14(26)9-10-19(16)33-22(20)23(30)28(25)13-15-6-5-11-32-15/h3-4,7-10,12,15H,2,5-6,11,13H2,1H3/t15-,25-/m1/s1. The topological polar surface area (TPSA) is 80.1 Å². The van der Waals surface area contributed by atoms with E-state index in [1.807, 2.05) is 13.0 Å². The summed E-state index contributed by atoms with van der Waals surface area (Å²) in [6.07, 6.45) is 1.36. The Kier molecular flexibility index (Phi) is 4.26. The molecule has 4 heterocycles. The van der Waals surface area contributed by atoms with E-state index in [-0.39, 0.29) is 40.8 Å². The summed E-state index contributed by atoms with van der Waals surface area (Å²) in [5.41, 5.74) is -1.00. The first-order valence-electron chi connectivity index (χ1n) is 11.1. The fourth-order valence-electron chi connectivity index (χ4n) is 5.52. The van der Waals surface area contributed by atoms with Gasteiger partial charge < -0.3 is 19.0 Å². The van der Waals surface area contributed by atoms with Gasteiger partial charge in [0.1, 0.15) is 11.4 Å². The highest BCUT2D eigenvalue weighted by molar-refractivity contribution is 6.17. The molecule has 33 heavy (non-hydrogen) atoms. The summed E-state index contributed by atoms with van der Waals surface area (Å²) in [4.78, 5) is 44.7. The summed E-state index contributed by atoms with van der Waals surface area (Å²) in [6, 6.07) is 10.8. The summed E-state index contributed by atoms with van der Waals surface area (Å²) in [7, 11) is 0. The van der Waals surface area contributed by atoms with Crippen molar-refractivity contribution in [1.29, 1.82) is 0 Å². The van der Waals surface area contributed by atoms with Gasteiger partial charge in [-0.25, -0.2) is 4.39 Å². The molecule has 2 aromatic carbocycles. The van der Waals surface area contributed by atoms with E-state index in [4.69, 9.17) is 9.15 Å². The molecule has 0 radical (unpaired) electrons. The second-order valence-corrected chi connectivity index (χ2v) is 8.60. The molecule has 0 bridgehead atoms. The number of nitrogens with zero attached hydrogens (tertiary/aromatic N) is 2. The van der Waals surface area contributed by atoms with E-state index < -0.39 is 22.7 Å². The van der Waals surface area contributed by atoms with Crippen LogP contribution in [-0.4, -0.2) is 42.5 Å². The summed E-state index contributed by atoms with van der Waals surface area (Å²) in [5, 5.41) is 0.000112. The lowest BCUT2D eigenvalue weighted by molar-refractivity contribution is -0.126. The Bertz CT molecular complexity index is 1390. The quantitative estimate of drug-likeness (QED) is 0.615. The van der Waals surface area contributed by atoms with Crippen LogP contribution in [0.3, 0.4) is 0 Å². The van der Waals surface area contributed by atoms with Crippen LogP contribution >= 0.6 is 0 Å². The number of para-hydroxylation sites is 1. The first-order chi connectivity index (χ1) is 16.0. The fraction of sp³-hybridized carbons (Fsp3) is 0.320. The van der Waals surface area contributed by atoms with Crippen molar-refractivity contribution >= 4 is 28.5 Å². The van der Waals surface area contributed by atoms with Gasteiger partial charge in [-0.05, 0) is 44.0 Å². The van der Waals surface area contributed by atoms with Gasteiger partial charge in [0.15, 0.2) is 11.0 Å². The normalized spacial score (nSPS) is 23.8. The van der Waals surface area contributed by atoms with Crippen molar-refractivity contribution in [3.8, 4) is 0 Å². The molecule has 1 aromatic heterocycles. The number of anilines is 1. The highest BCUT2D eigenvalue weighted by Gasteiger charge is 2.65. The average Bonchev–Trinajstić information content (AvgIpc) is 3.48. The Morgan fingerprint density at radius 3 is 2.73 bits per heavy atom. The molecule has 6 rings (SSSR count). The first-order valence-corrected chi connectivity index (χ1v) is 11.1. The third-order valence-corrected chi connectivity index (χ3v) is 6.92. The Morgan fingerprint density at radius 2 is 1.97 bits per heavy atom. The van der Waals surface area contributed by atoms with Gasteiger partial charge in [0.05, 0.1) is 22.7 Å². The number of likely N-dealkylation sites (N-methyl/N-ethyl adjacent to an activating group) is 1. The Balaban J connectivity index is 1.70. The number of hydrogen-bond acceptors (Lipinski definition) is 5. The van der Waals surface area contributed by atoms with E-state index in [0.717, 1.165) is 18.9 Å². The second kappa shape index (κ2) is 6.99. The summed E-state index contributed by atoms with van der Waals surface area (Å²) < 4.78 is 25.7. The van der Waals surface area contributed by atoms with Crippen molar-refractivity contribution in [2.75, 3.05) is 24.6 Å². The molecule has 0 N–H and O–H groups in total. The van der Waals surface area contributed by atoms with Crippen molar-refractivity contribution in [1.82, 2.24) is 4.90 Å². The molecular formula is C25H21FN2O5. The highest BCUT2D eigenvalue weighted by atomic mass is 19.1. The zero-order valence-electron chi connectivity index (χ0n) is 18.0. The number of fused-ring (bicyclic) bond motifs is 5. The van der Waals surface area contributed by atoms with Crippen LogP contribution in [0, 0.1) is 5.82 Å². The SMILES string of the molecule is CCN1C(=O)[C@@]2(c3ccccc31)c1c(oc3ccc(F)cc3c1=O)C(=O)N2C[C@H]1CCCO1. The molecule has 1 saturated heterocycles. The smallest absolute Gasteiger partial charge is 0.291 e. The predicted molar refractivity (Wildman–Crippen MR) is 118 cm³/mol. The lowest BCUT2D eigenvalue weighted by atomic mass is 9.83. The summed E-state index contributed by atoms with van der Waals surface area (Å²) in [6.45, 7) is 2.93. The lowest BCUT2D eigenvalue weighted by Gasteiger charge is -2.35. The van der Waals surface area contributed by atoms with E-state index >= 15 is 0 Å². The minimum atomic E-state index is -1.67. The zero-order valence-corrected chi connectivity index (χ0v) is 18.0. The minimum Gasteiger partial charge on any atom is -0.450 e. The van der Waals surface area contributed by atoms with Gasteiger partial charge in [0.25, 0.3) is 11.8 Å². The van der Waals surface area contributed by atoms with E-state index in [9.17, 15) is 18.8 Å². The van der Waals surface area contributed by atoms with E-state index in [0.29, 0.717) is 24.4 Å². The maximum Gasteiger partial charge on any atom is 0.291 e. The minimum absolute atomic E-state index is 0.000112. The molecule has 0 aliphatic carbocycles. The number of carbonyl (C=O) groups is 2. The van der Waals surface area contributed by atoms with Crippen LogP contribution in [0.25, 0.3) is 11.0 Å². The van der Waals surface area contributed by atoms with Crippen molar-refractivity contribution in [2.24, 2.45) is 0 Å². The van der Waals surface area contributed by atoms with E-state index in [1.165, 1.54) is 17.0 Å². The molecule has 1 fully saturated rings. The maximum atomic E-state index is 14.1. The van der Waals surface area contributed by atoms with Crippen molar-refractivity contribution < 1.29 is 23.1 Å². The van der Waals surface area contributed by atoms with Crippen LogP contribution in [0.2, 0.25) is 0 Å². The molecule has 2 amide bonds. The molecule has 7 nitrogen and oxygen atoms in total. The lowest BCUT2D eigenvalue weighted by Crippen LogP contribution is -2.55. The fourth-order valence-corrected chi connectivity index (χ4v) is 5.52. The maximum absolute atomic E-state index is 14.1. The molecule has 0 unspecified atom stereocenters. The number of rotatable bonds is 3. The molecule has 3 aliphatic heterocycles. The van der Waals surface area contributed by atoms with Gasteiger partial charge in [0, 0.05) is 25.3 Å². The number of ether oxygens (including phenoxy) is 1. The highest BCUT2D eigenvalue weighted by Crippen LogP contribution is 2.52. The van der Waals surface area contributed by atoms with Crippen molar-refractivity contribution in [3.63, 3.8) is 0 Å². The van der Waals surface area contributed by atoms with Gasteiger partial charge in [-0.15, -0.1) is 0 Å². The number of benzene rings is 2. The van der Waals surface area contributed by atoms with Gasteiger partial charge in [-0.1, -0.05) is 18.2 Å². The molecule has 1 spiro atoms. The van der Waals surface area contributed by atoms with Crippen LogP contribution in [-0.2, 0) is 15.1 Å². The Labute approximate surface area is 188 Å². The molecular weight excluding hydrogens is 427 g/mol. The summed E-state index contributed by atoms with van der Waals surface area (Å²) >= 11 is 0. The molecule has 8 heteroatoms. The van der Waals surface area contributed by atoms with Crippen LogP contribution in [0.4, 0.5) is 10.1 Å². The molecule has 168 valence electrons. The van der Waals surface area contributed by atoms with E-state index in [2.05, 4.69) is 0 Å². The second-order valence-electron chi connectivity index (χ2n) is 8.60. The molecule has 0 saturated carbocycles. The number of halogens is 1. The van der Waals surface area contributed by atoms with Crippen LogP contribution in [0.15, 0.2) is 51.7 Å². The third-order valence-electron chi connectivity index (χ3n) is 6.92. The van der Waals surface area contributed by atoms with Gasteiger partial charge in [0.2, 0.25) is 5.76 Å². The van der Waals surface area contributed by atoms with E-state index in [1.54, 1.807) is 23.1 Å². The van der Waals surface area contributed by atoms with Gasteiger partial charge >= 0.3 is 0 Å². The number of hydrogen-bond donors (Lipinski definition) is 0. The Morgan fingerprint density at radius 1 is 1.15 bits per heavy atom. The number of amides is 2. The van der Waals surface area contributed by atoms with Gasteiger partial charge in [-0.3, -0.25) is 14.4 Å². The molecule has 3 aromatic rings. The summed E-state index contributed by atoms with van der Waals surface area (Å²) in [5.74, 6) is -1.69. The van der Waals surface area contributed by atoms with Crippen LogP contribution in [0.1, 0.15) is 41.4 Å². The van der Waals surface area contributed by atoms with Crippen LogP contribution < -0.4 is 10.3 Å². The average molecular weight is 448 g/mol. The number of carbonyl (C=O) groups excluding carboxylic acids is 2. The van der Waals surface area contributed by atoms with Crippen molar-refractivity contribution in [2.45, 2.75) is 31.4 Å². The van der Waals surface area contributed by atoms with Crippen molar-refractivity contribution in [3.05, 3.63) is 75.4 Å². The predicted octanol–water partition coefficient (Wildman–Crippen LogP) is 3.18. The van der Waals surface area contributed by atoms with Gasteiger partial charge in [-0.2, -0.15) is 0 Å². The Hall–Kier alpha value is -3.52. The molecule has 2 atom stereocenters. The molecule has 3 aliphatic rings. The largest absolute Gasteiger partial charge is 0.450 e. The third kappa shape index (κ3) is 2.49. The van der Waals surface area contributed by atoms with Crippen LogP contribution in [0.5, 0.6) is 0 Å². The zero-order chi connectivity index (χ0) is 22.9.